The molecule has 0 amide bonds. The van der Waals surface area contributed by atoms with E-state index in [2.05, 4.69) is 9.72 Å². The third-order valence-corrected chi connectivity index (χ3v) is 9.45. The SMILES string of the molecule is Cc1c(-c2nc3cc(CCl)c(OC(F)F)cc3o2)cccc1-c1cccc(-c2nc3cc(CN4CCC[C@H]4C(=O)O)c(OC(F)F)cc3o2)c1C. The van der Waals surface area contributed by atoms with Crippen LogP contribution in [0.25, 0.3) is 56.2 Å². The van der Waals surface area contributed by atoms with Crippen molar-refractivity contribution in [1.29, 1.82) is 0 Å². The number of oxazole rings is 2. The second kappa shape index (κ2) is 13.9. The zero-order valence-electron chi connectivity index (χ0n) is 27.3. The first-order chi connectivity index (χ1) is 24.5. The summed E-state index contributed by atoms with van der Waals surface area (Å²) in [4.78, 5) is 22.8. The van der Waals surface area contributed by atoms with Crippen molar-refractivity contribution in [1.82, 2.24) is 14.9 Å². The maximum absolute atomic E-state index is 13.4. The standard InChI is InChI=1S/C37H30ClF4N3O6/c1-18-22(6-3-8-24(18)33-43-26-12-20(16-38)29(50-36(39)40)14-31(26)48-33)23-7-4-9-25(19(23)2)34-44-27-13-21(17-45-11-5-10-28(45)35(46)47)30(51-37(41)42)15-32(27)49-34/h3-4,6-9,12-15,28,36-37H,5,10-11,16-17H2,1-2H3,(H,46,47)/t28-/m0/s1. The van der Waals surface area contributed by atoms with Gasteiger partial charge in [0.1, 0.15) is 28.6 Å². The average Bonchev–Trinajstić information content (AvgIpc) is 3.82. The minimum atomic E-state index is -3.09. The quantitative estimate of drug-likeness (QED) is 0.103. The van der Waals surface area contributed by atoms with E-state index in [9.17, 15) is 27.5 Å². The normalized spacial score (nSPS) is 15.1. The Morgan fingerprint density at radius 2 is 1.33 bits per heavy atom. The molecule has 264 valence electrons. The molecule has 2 aromatic heterocycles. The number of benzene rings is 4. The van der Waals surface area contributed by atoms with Crippen molar-refractivity contribution < 1.29 is 45.8 Å². The molecule has 0 spiro atoms. The highest BCUT2D eigenvalue weighted by molar-refractivity contribution is 6.17. The molecule has 7 rings (SSSR count). The topological polar surface area (TPSA) is 111 Å². The van der Waals surface area contributed by atoms with Crippen LogP contribution in [0.15, 0.2) is 69.5 Å². The number of carboxylic acid groups (broad SMARTS) is 1. The zero-order chi connectivity index (χ0) is 36.0. The number of halogens is 5. The Bertz CT molecular complexity index is 2270. The van der Waals surface area contributed by atoms with Crippen LogP contribution in [0.3, 0.4) is 0 Å². The van der Waals surface area contributed by atoms with Gasteiger partial charge in [0.05, 0.1) is 5.88 Å². The van der Waals surface area contributed by atoms with Gasteiger partial charge in [0.2, 0.25) is 11.8 Å². The summed E-state index contributed by atoms with van der Waals surface area (Å²) in [5.41, 5.74) is 6.81. The number of carbonyl (C=O) groups is 1. The summed E-state index contributed by atoms with van der Waals surface area (Å²) in [5.74, 6) is -0.658. The zero-order valence-corrected chi connectivity index (χ0v) is 28.0. The Morgan fingerprint density at radius 1 is 0.843 bits per heavy atom. The smallest absolute Gasteiger partial charge is 0.387 e. The largest absolute Gasteiger partial charge is 0.480 e. The molecule has 1 saturated heterocycles. The van der Waals surface area contributed by atoms with Gasteiger partial charge in [-0.1, -0.05) is 24.3 Å². The summed E-state index contributed by atoms with van der Waals surface area (Å²) in [5, 5.41) is 9.62. The highest BCUT2D eigenvalue weighted by Gasteiger charge is 2.31. The fourth-order valence-electron chi connectivity index (χ4n) is 6.70. The lowest BCUT2D eigenvalue weighted by Crippen LogP contribution is -2.35. The van der Waals surface area contributed by atoms with Crippen LogP contribution in [0, 0.1) is 13.8 Å². The van der Waals surface area contributed by atoms with Gasteiger partial charge < -0.3 is 23.4 Å². The number of nitrogens with zero attached hydrogens (tertiary/aromatic N) is 3. The van der Waals surface area contributed by atoms with E-state index in [0.29, 0.717) is 52.7 Å². The number of likely N-dealkylation sites (tertiary alicyclic amines) is 1. The van der Waals surface area contributed by atoms with E-state index >= 15 is 0 Å². The number of fused-ring (bicyclic) bond motifs is 2. The summed E-state index contributed by atoms with van der Waals surface area (Å²) in [7, 11) is 0. The van der Waals surface area contributed by atoms with Gasteiger partial charge in [-0.15, -0.1) is 11.6 Å². The maximum atomic E-state index is 13.4. The number of hydrogen-bond donors (Lipinski definition) is 1. The summed E-state index contributed by atoms with van der Waals surface area (Å²) in [6, 6.07) is 16.5. The highest BCUT2D eigenvalue weighted by atomic mass is 35.5. The number of alkyl halides is 5. The number of rotatable bonds is 11. The molecule has 14 heteroatoms. The van der Waals surface area contributed by atoms with Crippen molar-refractivity contribution in [3.8, 4) is 45.5 Å². The van der Waals surface area contributed by atoms with Crippen LogP contribution < -0.4 is 9.47 Å². The van der Waals surface area contributed by atoms with E-state index in [1.807, 2.05) is 50.2 Å². The molecule has 1 aliphatic rings. The van der Waals surface area contributed by atoms with Gasteiger partial charge in [0.15, 0.2) is 11.2 Å². The van der Waals surface area contributed by atoms with E-state index in [1.54, 1.807) is 17.0 Å². The highest BCUT2D eigenvalue weighted by Crippen LogP contribution is 2.40. The molecule has 6 aromatic rings. The van der Waals surface area contributed by atoms with Crippen LogP contribution in [0.4, 0.5) is 17.6 Å². The van der Waals surface area contributed by atoms with Gasteiger partial charge in [0.25, 0.3) is 0 Å². The number of aromatic nitrogens is 2. The molecular formula is C37H30ClF4N3O6. The first-order valence-electron chi connectivity index (χ1n) is 16.0. The number of ether oxygens (including phenoxy) is 2. The lowest BCUT2D eigenvalue weighted by atomic mass is 9.91. The van der Waals surface area contributed by atoms with Crippen molar-refractivity contribution in [2.45, 2.75) is 58.4 Å². The van der Waals surface area contributed by atoms with Crippen LogP contribution >= 0.6 is 11.6 Å². The van der Waals surface area contributed by atoms with Gasteiger partial charge in [-0.25, -0.2) is 9.97 Å². The second-order valence-electron chi connectivity index (χ2n) is 12.2. The number of carboxylic acids is 1. The molecule has 0 saturated carbocycles. The van der Waals surface area contributed by atoms with Crippen LogP contribution in [0.1, 0.15) is 35.1 Å². The molecule has 0 unspecified atom stereocenters. The van der Waals surface area contributed by atoms with E-state index in [1.165, 1.54) is 12.1 Å². The first kappa shape index (κ1) is 34.3. The fourth-order valence-corrected chi connectivity index (χ4v) is 6.91. The third kappa shape index (κ3) is 6.71. The van der Waals surface area contributed by atoms with Gasteiger partial charge in [0, 0.05) is 40.9 Å². The van der Waals surface area contributed by atoms with E-state index in [4.69, 9.17) is 30.2 Å². The summed E-state index contributed by atoms with van der Waals surface area (Å²) in [6.07, 6.45) is 1.15. The molecule has 51 heavy (non-hydrogen) atoms. The second-order valence-corrected chi connectivity index (χ2v) is 12.5. The summed E-state index contributed by atoms with van der Waals surface area (Å²) in [6.45, 7) is -1.67. The molecule has 1 N–H and O–H groups in total. The molecule has 1 fully saturated rings. The molecule has 0 bridgehead atoms. The van der Waals surface area contributed by atoms with E-state index in [-0.39, 0.29) is 46.9 Å². The summed E-state index contributed by atoms with van der Waals surface area (Å²) >= 11 is 5.98. The molecule has 0 aliphatic carbocycles. The lowest BCUT2D eigenvalue weighted by Gasteiger charge is -2.22. The lowest BCUT2D eigenvalue weighted by molar-refractivity contribution is -0.142. The Kier molecular flexibility index (Phi) is 9.34. The van der Waals surface area contributed by atoms with Crippen molar-refractivity contribution in [3.05, 3.63) is 82.9 Å². The predicted octanol–water partition coefficient (Wildman–Crippen LogP) is 9.58. The molecule has 4 aromatic carbocycles. The van der Waals surface area contributed by atoms with E-state index in [0.717, 1.165) is 22.3 Å². The van der Waals surface area contributed by atoms with Crippen molar-refractivity contribution >= 4 is 39.8 Å². The van der Waals surface area contributed by atoms with Gasteiger partial charge in [-0.3, -0.25) is 9.69 Å². The molecule has 1 atom stereocenters. The minimum absolute atomic E-state index is 0.0535. The average molecular weight is 724 g/mol. The van der Waals surface area contributed by atoms with Crippen molar-refractivity contribution in [3.63, 3.8) is 0 Å². The van der Waals surface area contributed by atoms with Crippen LogP contribution in [0.5, 0.6) is 11.5 Å². The monoisotopic (exact) mass is 723 g/mol. The van der Waals surface area contributed by atoms with Gasteiger partial charge in [-0.2, -0.15) is 17.6 Å². The maximum Gasteiger partial charge on any atom is 0.387 e. The van der Waals surface area contributed by atoms with Gasteiger partial charge >= 0.3 is 19.2 Å². The first-order valence-corrected chi connectivity index (χ1v) is 16.5. The van der Waals surface area contributed by atoms with Crippen LogP contribution in [-0.2, 0) is 17.2 Å². The molecule has 0 radical (unpaired) electrons. The van der Waals surface area contributed by atoms with E-state index < -0.39 is 25.2 Å². The Labute approximate surface area is 293 Å². The number of hydrogen-bond acceptors (Lipinski definition) is 8. The van der Waals surface area contributed by atoms with Crippen molar-refractivity contribution in [2.75, 3.05) is 6.54 Å². The minimum Gasteiger partial charge on any atom is -0.480 e. The van der Waals surface area contributed by atoms with Crippen molar-refractivity contribution in [2.24, 2.45) is 0 Å². The molecule has 3 heterocycles. The Morgan fingerprint density at radius 3 is 1.82 bits per heavy atom. The van der Waals surface area contributed by atoms with Crippen LogP contribution in [-0.4, -0.2) is 51.8 Å². The molecule has 1 aliphatic heterocycles. The third-order valence-electron chi connectivity index (χ3n) is 9.16. The predicted molar refractivity (Wildman–Crippen MR) is 181 cm³/mol. The number of aliphatic carboxylic acids is 1. The fraction of sp³-hybridized carbons (Fsp3) is 0.270. The molecule has 9 nitrogen and oxygen atoms in total. The Balaban J connectivity index is 1.24. The summed E-state index contributed by atoms with van der Waals surface area (Å²) < 4.78 is 74.5. The molecular weight excluding hydrogens is 694 g/mol. The van der Waals surface area contributed by atoms with Gasteiger partial charge in [-0.05, 0) is 79.8 Å². The Hall–Kier alpha value is -5.14. The van der Waals surface area contributed by atoms with Crippen LogP contribution in [0.2, 0.25) is 0 Å².